The third-order valence-corrected chi connectivity index (χ3v) is 10.9. The Kier molecular flexibility index (Phi) is 5.73. The van der Waals surface area contributed by atoms with E-state index in [1.165, 1.54) is 30.7 Å². The first-order chi connectivity index (χ1) is 18.5. The highest BCUT2D eigenvalue weighted by Gasteiger charge is 2.65. The molecule has 4 aromatic rings. The Morgan fingerprint density at radius 1 is 1.10 bits per heavy atom. The maximum atomic E-state index is 14.5. The summed E-state index contributed by atoms with van der Waals surface area (Å²) in [7, 11) is -3.35. The number of halogens is 2. The van der Waals surface area contributed by atoms with Gasteiger partial charge in [-0.3, -0.25) is 4.98 Å². The molecular formula is C28H27F2N5O3S. The van der Waals surface area contributed by atoms with Gasteiger partial charge in [-0.25, -0.2) is 27.2 Å². The van der Waals surface area contributed by atoms with E-state index in [2.05, 4.69) is 34.0 Å². The molecule has 1 saturated carbocycles. The topological polar surface area (TPSA) is 112 Å². The SMILES string of the molecule is CCS(=O)(=O)[C@@H](C)c1coc(-c2cncc([C@@]34CC[C@@H](c5cc(-c6c(F)cccc6F)nnc53)C4(C)C)n2)n1. The van der Waals surface area contributed by atoms with Crippen molar-refractivity contribution in [1.29, 1.82) is 0 Å². The average molecular weight is 552 g/mol. The van der Waals surface area contributed by atoms with Crippen LogP contribution in [0.4, 0.5) is 8.78 Å². The molecule has 2 aliphatic rings. The zero-order valence-corrected chi connectivity index (χ0v) is 22.8. The Morgan fingerprint density at radius 2 is 1.85 bits per heavy atom. The van der Waals surface area contributed by atoms with E-state index in [1.54, 1.807) is 26.1 Å². The second-order valence-electron chi connectivity index (χ2n) is 10.8. The number of benzene rings is 1. The number of fused-ring (bicyclic) bond motifs is 5. The Hall–Kier alpha value is -3.60. The fraction of sp³-hybridized carbons (Fsp3) is 0.393. The third-order valence-electron chi connectivity index (χ3n) is 8.77. The average Bonchev–Trinajstić information content (AvgIpc) is 3.56. The molecule has 0 spiro atoms. The molecule has 1 aromatic carbocycles. The summed E-state index contributed by atoms with van der Waals surface area (Å²) in [6.45, 7) is 7.46. The van der Waals surface area contributed by atoms with Crippen LogP contribution in [0, 0.1) is 17.0 Å². The van der Waals surface area contributed by atoms with Crippen molar-refractivity contribution in [3.63, 3.8) is 0 Å². The zero-order valence-electron chi connectivity index (χ0n) is 21.9. The fourth-order valence-corrected chi connectivity index (χ4v) is 7.43. The van der Waals surface area contributed by atoms with Crippen molar-refractivity contribution in [2.24, 2.45) is 5.41 Å². The molecule has 202 valence electrons. The van der Waals surface area contributed by atoms with Crippen LogP contribution in [0.3, 0.4) is 0 Å². The molecule has 1 fully saturated rings. The Labute approximate surface area is 224 Å². The molecule has 3 heterocycles. The highest BCUT2D eigenvalue weighted by atomic mass is 32.2. The second-order valence-corrected chi connectivity index (χ2v) is 13.4. The second kappa shape index (κ2) is 8.70. The first-order valence-electron chi connectivity index (χ1n) is 12.8. The first kappa shape index (κ1) is 25.7. The van der Waals surface area contributed by atoms with E-state index in [4.69, 9.17) is 9.40 Å². The number of hydrogen-bond donors (Lipinski definition) is 0. The molecule has 2 aliphatic carbocycles. The van der Waals surface area contributed by atoms with Crippen molar-refractivity contribution in [2.75, 3.05) is 5.75 Å². The van der Waals surface area contributed by atoms with Crippen molar-refractivity contribution in [3.8, 4) is 22.8 Å². The molecule has 0 unspecified atom stereocenters. The monoisotopic (exact) mass is 551 g/mol. The van der Waals surface area contributed by atoms with Gasteiger partial charge in [0.2, 0.25) is 5.89 Å². The maximum Gasteiger partial charge on any atom is 0.246 e. The predicted octanol–water partition coefficient (Wildman–Crippen LogP) is 5.57. The van der Waals surface area contributed by atoms with Crippen molar-refractivity contribution < 1.29 is 21.6 Å². The highest BCUT2D eigenvalue weighted by molar-refractivity contribution is 7.91. The molecular weight excluding hydrogens is 524 g/mol. The first-order valence-corrected chi connectivity index (χ1v) is 14.5. The molecule has 0 radical (unpaired) electrons. The predicted molar refractivity (Wildman–Crippen MR) is 139 cm³/mol. The van der Waals surface area contributed by atoms with E-state index in [1.807, 2.05) is 0 Å². The Bertz CT molecular complexity index is 1700. The summed E-state index contributed by atoms with van der Waals surface area (Å²) in [5.74, 6) is -1.13. The molecule has 11 heteroatoms. The van der Waals surface area contributed by atoms with Crippen molar-refractivity contribution >= 4 is 9.84 Å². The summed E-state index contributed by atoms with van der Waals surface area (Å²) < 4.78 is 59.4. The van der Waals surface area contributed by atoms with Gasteiger partial charge in [0.15, 0.2) is 9.84 Å². The van der Waals surface area contributed by atoms with Gasteiger partial charge in [-0.05, 0) is 54.9 Å². The van der Waals surface area contributed by atoms with E-state index in [9.17, 15) is 17.2 Å². The molecule has 0 N–H and O–H groups in total. The van der Waals surface area contributed by atoms with E-state index in [0.717, 1.165) is 24.1 Å². The van der Waals surface area contributed by atoms with E-state index < -0.39 is 32.1 Å². The Morgan fingerprint density at radius 3 is 2.56 bits per heavy atom. The summed E-state index contributed by atoms with van der Waals surface area (Å²) in [6.07, 6.45) is 6.16. The molecule has 3 aromatic heterocycles. The number of oxazole rings is 1. The quantitative estimate of drug-likeness (QED) is 0.306. The summed E-state index contributed by atoms with van der Waals surface area (Å²) in [5, 5.41) is 8.01. The van der Waals surface area contributed by atoms with Crippen LogP contribution in [0.5, 0.6) is 0 Å². The van der Waals surface area contributed by atoms with Gasteiger partial charge in [0.25, 0.3) is 0 Å². The van der Waals surface area contributed by atoms with Gasteiger partial charge in [-0.2, -0.15) is 5.10 Å². The van der Waals surface area contributed by atoms with Gasteiger partial charge in [-0.1, -0.05) is 26.8 Å². The molecule has 8 nitrogen and oxygen atoms in total. The molecule has 0 amide bonds. The van der Waals surface area contributed by atoms with Crippen molar-refractivity contribution in [1.82, 2.24) is 25.1 Å². The van der Waals surface area contributed by atoms with E-state index in [0.29, 0.717) is 17.1 Å². The van der Waals surface area contributed by atoms with Crippen LogP contribution in [0.25, 0.3) is 22.8 Å². The minimum atomic E-state index is -3.35. The van der Waals surface area contributed by atoms with Gasteiger partial charge in [0.1, 0.15) is 28.8 Å². The van der Waals surface area contributed by atoms with Gasteiger partial charge in [-0.15, -0.1) is 5.10 Å². The molecule has 2 bridgehead atoms. The van der Waals surface area contributed by atoms with Crippen LogP contribution in [0.1, 0.15) is 74.3 Å². The molecule has 0 saturated heterocycles. The molecule has 6 rings (SSSR count). The number of nitrogens with zero attached hydrogens (tertiary/aromatic N) is 5. The number of rotatable bonds is 6. The fourth-order valence-electron chi connectivity index (χ4n) is 6.46. The van der Waals surface area contributed by atoms with Crippen LogP contribution < -0.4 is 0 Å². The smallest absolute Gasteiger partial charge is 0.246 e. The maximum absolute atomic E-state index is 14.5. The zero-order chi connectivity index (χ0) is 27.7. The lowest BCUT2D eigenvalue weighted by Crippen LogP contribution is -2.38. The van der Waals surface area contributed by atoms with Crippen LogP contribution in [0.2, 0.25) is 0 Å². The van der Waals surface area contributed by atoms with Gasteiger partial charge in [0, 0.05) is 11.9 Å². The lowest BCUT2D eigenvalue weighted by atomic mass is 9.66. The molecule has 39 heavy (non-hydrogen) atoms. The number of aromatic nitrogens is 5. The molecule has 0 aliphatic heterocycles. The lowest BCUT2D eigenvalue weighted by Gasteiger charge is -2.37. The van der Waals surface area contributed by atoms with Gasteiger partial charge >= 0.3 is 0 Å². The summed E-state index contributed by atoms with van der Waals surface area (Å²) in [6, 6.07) is 5.49. The number of hydrogen-bond acceptors (Lipinski definition) is 8. The Balaban J connectivity index is 1.44. The molecule has 3 atom stereocenters. The summed E-state index contributed by atoms with van der Waals surface area (Å²) >= 11 is 0. The van der Waals surface area contributed by atoms with Crippen LogP contribution in [-0.4, -0.2) is 39.3 Å². The summed E-state index contributed by atoms with van der Waals surface area (Å²) in [5.41, 5.74) is 1.98. The minimum Gasteiger partial charge on any atom is -0.443 e. The largest absolute Gasteiger partial charge is 0.443 e. The van der Waals surface area contributed by atoms with Crippen LogP contribution >= 0.6 is 0 Å². The lowest BCUT2D eigenvalue weighted by molar-refractivity contribution is 0.242. The normalized spacial score (nSPS) is 22.2. The van der Waals surface area contributed by atoms with Crippen molar-refractivity contribution in [3.05, 3.63) is 77.2 Å². The van der Waals surface area contributed by atoms with Gasteiger partial charge in [0.05, 0.1) is 40.0 Å². The van der Waals surface area contributed by atoms with Crippen molar-refractivity contribution in [2.45, 2.75) is 57.1 Å². The summed E-state index contributed by atoms with van der Waals surface area (Å²) in [4.78, 5) is 13.7. The van der Waals surface area contributed by atoms with E-state index >= 15 is 0 Å². The minimum absolute atomic E-state index is 0.00384. The highest BCUT2D eigenvalue weighted by Crippen LogP contribution is 2.69. The van der Waals surface area contributed by atoms with E-state index in [-0.39, 0.29) is 34.2 Å². The van der Waals surface area contributed by atoms with Gasteiger partial charge < -0.3 is 4.42 Å². The van der Waals surface area contributed by atoms with Crippen LogP contribution in [0.15, 0.2) is 47.3 Å². The third kappa shape index (κ3) is 3.58. The standard InChI is InChI=1S/C28H27F2N5O3S/c1-5-39(36,37)15(2)22-14-38-26(33-22)21-12-31-13-23(32-21)28-10-9-17(27(28,3)4)16-11-20(34-35-25(16)28)24-18(29)7-6-8-19(24)30/h6-8,11-15,17H,5,9-10H2,1-4H3/t15-,17-,28-/m0/s1. The van der Waals surface area contributed by atoms with Crippen LogP contribution in [-0.2, 0) is 15.3 Å². The number of sulfone groups is 1.